The van der Waals surface area contributed by atoms with Gasteiger partial charge in [0.1, 0.15) is 0 Å². The molecule has 0 saturated carbocycles. The Morgan fingerprint density at radius 2 is 1.94 bits per heavy atom. The summed E-state index contributed by atoms with van der Waals surface area (Å²) in [6.07, 6.45) is 1.00. The first kappa shape index (κ1) is 14.0. The Kier molecular flexibility index (Phi) is 4.54. The summed E-state index contributed by atoms with van der Waals surface area (Å²) in [5, 5.41) is 3.19. The number of sulfonamides is 1. The highest BCUT2D eigenvalue weighted by Crippen LogP contribution is 2.22. The normalized spacial score (nSPS) is 11.8. The van der Waals surface area contributed by atoms with Gasteiger partial charge in [-0.15, -0.1) is 0 Å². The predicted octanol–water partition coefficient (Wildman–Crippen LogP) is 2.07. The van der Waals surface area contributed by atoms with Crippen LogP contribution in [-0.4, -0.2) is 33.4 Å². The highest BCUT2D eigenvalue weighted by Gasteiger charge is 2.19. The average molecular weight is 256 g/mol. The van der Waals surface area contributed by atoms with Gasteiger partial charge in [0.15, 0.2) is 0 Å². The number of hydrogen-bond donors (Lipinski definition) is 1. The Hall–Kier alpha value is -1.07. The van der Waals surface area contributed by atoms with Crippen molar-refractivity contribution in [3.63, 3.8) is 0 Å². The fourth-order valence-electron chi connectivity index (χ4n) is 1.45. The molecule has 0 aromatic heterocycles. The molecule has 0 aliphatic heterocycles. The molecule has 0 radical (unpaired) electrons. The molecule has 1 aromatic carbocycles. The van der Waals surface area contributed by atoms with Crippen molar-refractivity contribution < 1.29 is 8.42 Å². The Balaban J connectivity index is 3.15. The van der Waals surface area contributed by atoms with Crippen LogP contribution in [0.25, 0.3) is 0 Å². The fourth-order valence-corrected chi connectivity index (χ4v) is 2.60. The van der Waals surface area contributed by atoms with Gasteiger partial charge < -0.3 is 5.32 Å². The number of nitrogens with zero attached hydrogens (tertiary/aromatic N) is 1. The second-order valence-corrected chi connectivity index (χ2v) is 6.31. The number of rotatable bonds is 5. The van der Waals surface area contributed by atoms with Crippen molar-refractivity contribution in [3.8, 4) is 0 Å². The number of nitrogens with one attached hydrogen (secondary N) is 1. The third-order valence-electron chi connectivity index (χ3n) is 2.53. The zero-order valence-corrected chi connectivity index (χ0v) is 11.6. The second kappa shape index (κ2) is 5.51. The first-order chi connectivity index (χ1) is 7.89. The van der Waals surface area contributed by atoms with Crippen LogP contribution in [-0.2, 0) is 10.0 Å². The second-order valence-electron chi connectivity index (χ2n) is 4.19. The lowest BCUT2D eigenvalue weighted by atomic mass is 10.2. The molecule has 0 fully saturated rings. The van der Waals surface area contributed by atoms with E-state index in [9.17, 15) is 8.42 Å². The van der Waals surface area contributed by atoms with Crippen LogP contribution in [0, 0.1) is 6.92 Å². The van der Waals surface area contributed by atoms with E-state index in [1.54, 1.807) is 27.1 Å². The summed E-state index contributed by atoms with van der Waals surface area (Å²) < 4.78 is 25.4. The molecule has 0 aliphatic carbocycles. The van der Waals surface area contributed by atoms with Gasteiger partial charge in [0.2, 0.25) is 10.0 Å². The zero-order chi connectivity index (χ0) is 13.1. The minimum Gasteiger partial charge on any atom is -0.385 e. The SMILES string of the molecule is CCCNc1ccc(C)c(S(=O)(=O)N(C)C)c1. The van der Waals surface area contributed by atoms with Gasteiger partial charge in [-0.1, -0.05) is 13.0 Å². The molecule has 0 heterocycles. The maximum atomic E-state index is 12.1. The molecule has 1 rings (SSSR count). The molecule has 4 nitrogen and oxygen atoms in total. The van der Waals surface area contributed by atoms with Gasteiger partial charge >= 0.3 is 0 Å². The van der Waals surface area contributed by atoms with Crippen LogP contribution >= 0.6 is 0 Å². The Morgan fingerprint density at radius 3 is 2.47 bits per heavy atom. The number of aryl methyl sites for hydroxylation is 1. The van der Waals surface area contributed by atoms with Crippen LogP contribution in [0.2, 0.25) is 0 Å². The molecule has 0 saturated heterocycles. The molecule has 96 valence electrons. The summed E-state index contributed by atoms with van der Waals surface area (Å²) in [6, 6.07) is 5.42. The molecule has 0 atom stereocenters. The largest absolute Gasteiger partial charge is 0.385 e. The van der Waals surface area contributed by atoms with Gasteiger partial charge in [-0.3, -0.25) is 0 Å². The highest BCUT2D eigenvalue weighted by atomic mass is 32.2. The molecule has 0 unspecified atom stereocenters. The van der Waals surface area contributed by atoms with Gasteiger partial charge in [0, 0.05) is 26.3 Å². The van der Waals surface area contributed by atoms with E-state index in [0.717, 1.165) is 24.2 Å². The van der Waals surface area contributed by atoms with Crippen LogP contribution in [0.4, 0.5) is 5.69 Å². The van der Waals surface area contributed by atoms with Gasteiger partial charge in [-0.05, 0) is 31.0 Å². The van der Waals surface area contributed by atoms with Crippen LogP contribution in [0.15, 0.2) is 23.1 Å². The third kappa shape index (κ3) is 3.20. The molecule has 0 spiro atoms. The van der Waals surface area contributed by atoms with Crippen molar-refractivity contribution in [1.29, 1.82) is 0 Å². The zero-order valence-electron chi connectivity index (χ0n) is 10.8. The van der Waals surface area contributed by atoms with Crippen molar-refractivity contribution in [3.05, 3.63) is 23.8 Å². The van der Waals surface area contributed by atoms with Crippen molar-refractivity contribution in [1.82, 2.24) is 4.31 Å². The minimum absolute atomic E-state index is 0.364. The number of hydrogen-bond acceptors (Lipinski definition) is 3. The molecular weight excluding hydrogens is 236 g/mol. The average Bonchev–Trinajstić information content (AvgIpc) is 2.27. The molecule has 0 bridgehead atoms. The summed E-state index contributed by atoms with van der Waals surface area (Å²) >= 11 is 0. The Morgan fingerprint density at radius 1 is 1.29 bits per heavy atom. The lowest BCUT2D eigenvalue weighted by Crippen LogP contribution is -2.23. The first-order valence-electron chi connectivity index (χ1n) is 5.66. The summed E-state index contributed by atoms with van der Waals surface area (Å²) in [5.74, 6) is 0. The number of anilines is 1. The van der Waals surface area contributed by atoms with Gasteiger partial charge in [-0.25, -0.2) is 12.7 Å². The smallest absolute Gasteiger partial charge is 0.242 e. The summed E-state index contributed by atoms with van der Waals surface area (Å²) in [6.45, 7) is 4.71. The fraction of sp³-hybridized carbons (Fsp3) is 0.500. The first-order valence-corrected chi connectivity index (χ1v) is 7.10. The molecule has 0 amide bonds. The topological polar surface area (TPSA) is 49.4 Å². The quantitative estimate of drug-likeness (QED) is 0.877. The van der Waals surface area contributed by atoms with E-state index in [-0.39, 0.29) is 0 Å². The van der Waals surface area contributed by atoms with Crippen LogP contribution in [0.3, 0.4) is 0 Å². The van der Waals surface area contributed by atoms with Crippen LogP contribution in [0.1, 0.15) is 18.9 Å². The van der Waals surface area contributed by atoms with Gasteiger partial charge in [-0.2, -0.15) is 0 Å². The van der Waals surface area contributed by atoms with Crippen molar-refractivity contribution in [2.75, 3.05) is 26.0 Å². The Labute approximate surface area is 104 Å². The standard InChI is InChI=1S/C12H20N2O2S/c1-5-8-13-11-7-6-10(2)12(9-11)17(15,16)14(3)4/h6-7,9,13H,5,8H2,1-4H3. The van der Waals surface area contributed by atoms with E-state index in [0.29, 0.717) is 4.90 Å². The highest BCUT2D eigenvalue weighted by molar-refractivity contribution is 7.89. The van der Waals surface area contributed by atoms with Gasteiger partial charge in [0.05, 0.1) is 4.90 Å². The predicted molar refractivity (Wildman–Crippen MR) is 70.8 cm³/mol. The monoisotopic (exact) mass is 256 g/mol. The third-order valence-corrected chi connectivity index (χ3v) is 4.48. The Bertz CT molecular complexity index is 481. The summed E-state index contributed by atoms with van der Waals surface area (Å²) in [5.41, 5.74) is 1.61. The molecule has 1 N–H and O–H groups in total. The van der Waals surface area contributed by atoms with Gasteiger partial charge in [0.25, 0.3) is 0 Å². The lowest BCUT2D eigenvalue weighted by Gasteiger charge is -2.15. The van der Waals surface area contributed by atoms with E-state index in [1.165, 1.54) is 4.31 Å². The molecular formula is C12H20N2O2S. The maximum absolute atomic E-state index is 12.1. The number of benzene rings is 1. The van der Waals surface area contributed by atoms with E-state index >= 15 is 0 Å². The molecule has 0 aliphatic rings. The molecule has 1 aromatic rings. The van der Waals surface area contributed by atoms with E-state index in [4.69, 9.17) is 0 Å². The van der Waals surface area contributed by atoms with E-state index in [1.807, 2.05) is 12.1 Å². The lowest BCUT2D eigenvalue weighted by molar-refractivity contribution is 0.520. The summed E-state index contributed by atoms with van der Waals surface area (Å²) in [7, 11) is -0.277. The van der Waals surface area contributed by atoms with Crippen LogP contribution in [0.5, 0.6) is 0 Å². The van der Waals surface area contributed by atoms with Crippen LogP contribution < -0.4 is 5.32 Å². The molecule has 17 heavy (non-hydrogen) atoms. The molecule has 5 heteroatoms. The minimum atomic E-state index is -3.36. The van der Waals surface area contributed by atoms with Crippen molar-refractivity contribution >= 4 is 15.7 Å². The summed E-state index contributed by atoms with van der Waals surface area (Å²) in [4.78, 5) is 0.364. The van der Waals surface area contributed by atoms with E-state index in [2.05, 4.69) is 12.2 Å². The van der Waals surface area contributed by atoms with Crippen molar-refractivity contribution in [2.24, 2.45) is 0 Å². The van der Waals surface area contributed by atoms with E-state index < -0.39 is 10.0 Å². The van der Waals surface area contributed by atoms with Crippen molar-refractivity contribution in [2.45, 2.75) is 25.2 Å². The maximum Gasteiger partial charge on any atom is 0.242 e.